The molecule has 0 spiro atoms. The Labute approximate surface area is 140 Å². The van der Waals surface area contributed by atoms with E-state index in [2.05, 4.69) is 20.3 Å². The maximum Gasteiger partial charge on any atom is 0.162 e. The molecule has 23 heavy (non-hydrogen) atoms. The SMILES string of the molecule is C[C@H](O)CCNc1cc(Cl)ncc1-c1ncc(C(C)(C)O)cn1. The van der Waals surface area contributed by atoms with Gasteiger partial charge in [0.2, 0.25) is 0 Å². The highest BCUT2D eigenvalue weighted by atomic mass is 35.5. The topological polar surface area (TPSA) is 91.2 Å². The lowest BCUT2D eigenvalue weighted by molar-refractivity contribution is 0.0778. The lowest BCUT2D eigenvalue weighted by Crippen LogP contribution is -2.16. The second kappa shape index (κ2) is 7.21. The highest BCUT2D eigenvalue weighted by Gasteiger charge is 2.18. The standard InChI is InChI=1S/C16H21ClN4O2/c1-10(22)4-5-18-13-6-14(17)19-9-12(13)15-20-7-11(8-21-15)16(2,3)23/h6-10,22-23H,4-5H2,1-3H3,(H,18,19)/t10-/m0/s1. The average Bonchev–Trinajstić information content (AvgIpc) is 2.46. The molecule has 0 aromatic carbocycles. The normalized spacial score (nSPS) is 13.0. The van der Waals surface area contributed by atoms with Crippen LogP contribution in [0.1, 0.15) is 32.8 Å². The lowest BCUT2D eigenvalue weighted by Gasteiger charge is -2.17. The van der Waals surface area contributed by atoms with Crippen LogP contribution in [0, 0.1) is 0 Å². The Kier molecular flexibility index (Phi) is 5.51. The number of aliphatic hydroxyl groups is 2. The van der Waals surface area contributed by atoms with Crippen LogP contribution in [0.5, 0.6) is 0 Å². The van der Waals surface area contributed by atoms with Crippen LogP contribution in [0.2, 0.25) is 5.15 Å². The van der Waals surface area contributed by atoms with E-state index in [1.807, 2.05) is 0 Å². The zero-order valence-corrected chi connectivity index (χ0v) is 14.2. The third-order valence-electron chi connectivity index (χ3n) is 3.35. The summed E-state index contributed by atoms with van der Waals surface area (Å²) in [5.74, 6) is 0.488. The van der Waals surface area contributed by atoms with E-state index >= 15 is 0 Å². The van der Waals surface area contributed by atoms with Crippen molar-refractivity contribution < 1.29 is 10.2 Å². The molecule has 0 aliphatic rings. The number of hydrogen-bond acceptors (Lipinski definition) is 6. The maximum atomic E-state index is 9.96. The Balaban J connectivity index is 2.27. The van der Waals surface area contributed by atoms with Crippen LogP contribution in [0.25, 0.3) is 11.4 Å². The molecule has 0 aliphatic carbocycles. The number of nitrogens with one attached hydrogen (secondary N) is 1. The molecule has 2 rings (SSSR count). The minimum atomic E-state index is -0.991. The molecule has 0 aliphatic heterocycles. The predicted octanol–water partition coefficient (Wildman–Crippen LogP) is 2.60. The van der Waals surface area contributed by atoms with Crippen LogP contribution in [0.3, 0.4) is 0 Å². The van der Waals surface area contributed by atoms with E-state index in [1.165, 1.54) is 0 Å². The first kappa shape index (κ1) is 17.6. The molecule has 6 nitrogen and oxygen atoms in total. The molecular weight excluding hydrogens is 316 g/mol. The monoisotopic (exact) mass is 336 g/mol. The van der Waals surface area contributed by atoms with E-state index < -0.39 is 5.60 Å². The van der Waals surface area contributed by atoms with Gasteiger partial charge >= 0.3 is 0 Å². The molecule has 2 heterocycles. The van der Waals surface area contributed by atoms with Gasteiger partial charge in [-0.3, -0.25) is 0 Å². The fraction of sp³-hybridized carbons (Fsp3) is 0.438. The van der Waals surface area contributed by atoms with Gasteiger partial charge in [-0.2, -0.15) is 0 Å². The van der Waals surface area contributed by atoms with Crippen LogP contribution >= 0.6 is 11.6 Å². The molecule has 0 unspecified atom stereocenters. The van der Waals surface area contributed by atoms with Crippen LogP contribution in [0.4, 0.5) is 5.69 Å². The van der Waals surface area contributed by atoms with Crippen LogP contribution < -0.4 is 5.32 Å². The fourth-order valence-corrected chi connectivity index (χ4v) is 2.11. The second-order valence-corrected chi connectivity index (χ2v) is 6.36. The minimum Gasteiger partial charge on any atom is -0.393 e. The van der Waals surface area contributed by atoms with Gasteiger partial charge in [0.05, 0.1) is 17.3 Å². The van der Waals surface area contributed by atoms with Gasteiger partial charge in [0, 0.05) is 36.4 Å². The summed E-state index contributed by atoms with van der Waals surface area (Å²) in [6.07, 6.45) is 5.02. The highest BCUT2D eigenvalue weighted by Crippen LogP contribution is 2.27. The first-order chi connectivity index (χ1) is 10.8. The molecule has 1 atom stereocenters. The average molecular weight is 337 g/mol. The Bertz CT molecular complexity index is 654. The molecule has 3 N–H and O–H groups in total. The van der Waals surface area contributed by atoms with Gasteiger partial charge in [-0.05, 0) is 33.3 Å². The van der Waals surface area contributed by atoms with Crippen molar-refractivity contribution in [3.8, 4) is 11.4 Å². The van der Waals surface area contributed by atoms with Crippen molar-refractivity contribution >= 4 is 17.3 Å². The van der Waals surface area contributed by atoms with E-state index in [1.54, 1.807) is 45.4 Å². The molecule has 0 radical (unpaired) electrons. The number of hydrogen-bond donors (Lipinski definition) is 3. The van der Waals surface area contributed by atoms with E-state index in [0.717, 1.165) is 5.69 Å². The molecule has 0 saturated carbocycles. The number of halogens is 1. The number of pyridine rings is 1. The lowest BCUT2D eigenvalue weighted by atomic mass is 10.0. The third-order valence-corrected chi connectivity index (χ3v) is 3.55. The largest absolute Gasteiger partial charge is 0.393 e. The summed E-state index contributed by atoms with van der Waals surface area (Å²) in [7, 11) is 0. The Morgan fingerprint density at radius 2 is 1.87 bits per heavy atom. The molecule has 0 amide bonds. The summed E-state index contributed by atoms with van der Waals surface area (Å²) in [4.78, 5) is 12.7. The minimum absolute atomic E-state index is 0.362. The van der Waals surface area contributed by atoms with Gasteiger partial charge in [0.15, 0.2) is 5.82 Å². The molecule has 0 bridgehead atoms. The zero-order chi connectivity index (χ0) is 17.0. The first-order valence-corrected chi connectivity index (χ1v) is 7.78. The number of aromatic nitrogens is 3. The summed E-state index contributed by atoms with van der Waals surface area (Å²) in [6.45, 7) is 5.68. The smallest absolute Gasteiger partial charge is 0.162 e. The molecule has 0 saturated heterocycles. The van der Waals surface area contributed by atoms with E-state index in [9.17, 15) is 10.2 Å². The summed E-state index contributed by atoms with van der Waals surface area (Å²) >= 11 is 5.96. The van der Waals surface area contributed by atoms with Crippen molar-refractivity contribution in [3.05, 3.63) is 35.4 Å². The van der Waals surface area contributed by atoms with Crippen molar-refractivity contribution in [1.82, 2.24) is 15.0 Å². The molecule has 2 aromatic heterocycles. The van der Waals surface area contributed by atoms with Gasteiger partial charge < -0.3 is 15.5 Å². The number of anilines is 1. The second-order valence-electron chi connectivity index (χ2n) is 5.97. The van der Waals surface area contributed by atoms with E-state index in [-0.39, 0.29) is 6.10 Å². The number of rotatable bonds is 6. The van der Waals surface area contributed by atoms with Gasteiger partial charge in [-0.1, -0.05) is 11.6 Å². The quantitative estimate of drug-likeness (QED) is 0.702. The van der Waals surface area contributed by atoms with Gasteiger partial charge in [0.1, 0.15) is 5.15 Å². The molecule has 7 heteroatoms. The number of nitrogens with zero attached hydrogens (tertiary/aromatic N) is 3. The van der Waals surface area contributed by atoms with Crippen molar-refractivity contribution in [2.75, 3.05) is 11.9 Å². The summed E-state index contributed by atoms with van der Waals surface area (Å²) in [5.41, 5.74) is 1.10. The van der Waals surface area contributed by atoms with Gasteiger partial charge in [0.25, 0.3) is 0 Å². The number of aliphatic hydroxyl groups excluding tert-OH is 1. The fourth-order valence-electron chi connectivity index (χ4n) is 1.95. The van der Waals surface area contributed by atoms with Gasteiger partial charge in [-0.25, -0.2) is 15.0 Å². The first-order valence-electron chi connectivity index (χ1n) is 7.40. The van der Waals surface area contributed by atoms with Crippen LogP contribution in [-0.2, 0) is 5.60 Å². The van der Waals surface area contributed by atoms with Crippen molar-refractivity contribution in [2.24, 2.45) is 0 Å². The highest BCUT2D eigenvalue weighted by molar-refractivity contribution is 6.29. The van der Waals surface area contributed by atoms with Crippen LogP contribution in [-0.4, -0.2) is 37.8 Å². The molecule has 0 fully saturated rings. The van der Waals surface area contributed by atoms with Gasteiger partial charge in [-0.15, -0.1) is 0 Å². The van der Waals surface area contributed by atoms with Crippen molar-refractivity contribution in [3.63, 3.8) is 0 Å². The predicted molar refractivity (Wildman–Crippen MR) is 90.3 cm³/mol. The Morgan fingerprint density at radius 3 is 2.43 bits per heavy atom. The maximum absolute atomic E-state index is 9.96. The zero-order valence-electron chi connectivity index (χ0n) is 13.4. The van der Waals surface area contributed by atoms with Crippen molar-refractivity contribution in [2.45, 2.75) is 38.9 Å². The summed E-state index contributed by atoms with van der Waals surface area (Å²) < 4.78 is 0. The molecular formula is C16H21ClN4O2. The molecule has 124 valence electrons. The summed E-state index contributed by atoms with van der Waals surface area (Å²) in [6, 6.07) is 1.70. The van der Waals surface area contributed by atoms with E-state index in [0.29, 0.717) is 35.1 Å². The van der Waals surface area contributed by atoms with Crippen LogP contribution in [0.15, 0.2) is 24.7 Å². The van der Waals surface area contributed by atoms with E-state index in [4.69, 9.17) is 11.6 Å². The summed E-state index contributed by atoms with van der Waals surface area (Å²) in [5, 5.41) is 22.9. The Morgan fingerprint density at radius 1 is 1.22 bits per heavy atom. The third kappa shape index (κ3) is 4.86. The Hall–Kier alpha value is -1.76. The van der Waals surface area contributed by atoms with Crippen molar-refractivity contribution in [1.29, 1.82) is 0 Å². The molecule has 2 aromatic rings.